The molecule has 6 heteroatoms. The van der Waals surface area contributed by atoms with E-state index >= 15 is 0 Å². The van der Waals surface area contributed by atoms with Gasteiger partial charge in [0.2, 0.25) is 0 Å². The van der Waals surface area contributed by atoms with E-state index in [2.05, 4.69) is 42.2 Å². The molecule has 0 spiro atoms. The second kappa shape index (κ2) is 10.1. The summed E-state index contributed by atoms with van der Waals surface area (Å²) in [5.74, 6) is 1.10. The third kappa shape index (κ3) is 4.67. The zero-order valence-electron chi connectivity index (χ0n) is 18.7. The average molecular weight is 479 g/mol. The van der Waals surface area contributed by atoms with E-state index in [1.165, 1.54) is 16.2 Å². The lowest BCUT2D eigenvalue weighted by atomic mass is 10.1. The fourth-order valence-electron chi connectivity index (χ4n) is 3.64. The summed E-state index contributed by atoms with van der Waals surface area (Å²) in [5, 5.41) is 15.6. The number of rotatable bonds is 7. The Morgan fingerprint density at radius 3 is 2.53 bits per heavy atom. The largest absolute Gasteiger partial charge is 0.240 e. The zero-order valence-corrected chi connectivity index (χ0v) is 20.3. The van der Waals surface area contributed by atoms with Crippen LogP contribution < -0.4 is 0 Å². The predicted molar refractivity (Wildman–Crippen MR) is 143 cm³/mol. The summed E-state index contributed by atoms with van der Waals surface area (Å²) in [4.78, 5) is 5.93. The fraction of sp³-hybridized carbons (Fsp3) is 0.107. The van der Waals surface area contributed by atoms with Crippen LogP contribution in [0.25, 0.3) is 38.8 Å². The van der Waals surface area contributed by atoms with Crippen molar-refractivity contribution >= 4 is 45.0 Å². The molecule has 3 aromatic carbocycles. The van der Waals surface area contributed by atoms with Gasteiger partial charge >= 0.3 is 0 Å². The van der Waals surface area contributed by atoms with E-state index in [0.717, 1.165) is 44.9 Å². The number of nitrogens with zero attached hydrogens (tertiary/aromatic N) is 4. The number of benzene rings is 3. The number of thioether (sulfide) groups is 1. The van der Waals surface area contributed by atoms with Gasteiger partial charge in [0.1, 0.15) is 11.1 Å². The molecular formula is C28H22N4S2. The molecular weight excluding hydrogens is 456 g/mol. The Balaban J connectivity index is 1.59. The first-order valence-electron chi connectivity index (χ1n) is 11.1. The first kappa shape index (κ1) is 22.1. The fourth-order valence-corrected chi connectivity index (χ4v) is 5.34. The highest BCUT2D eigenvalue weighted by molar-refractivity contribution is 7.99. The first-order chi connectivity index (χ1) is 16.7. The van der Waals surface area contributed by atoms with Gasteiger partial charge in [0.05, 0.1) is 27.2 Å². The lowest BCUT2D eigenvalue weighted by Crippen LogP contribution is -1.94. The highest BCUT2D eigenvalue weighted by atomic mass is 32.2. The van der Waals surface area contributed by atoms with Crippen LogP contribution in [0.4, 0.5) is 0 Å². The van der Waals surface area contributed by atoms with Crippen LogP contribution in [0.1, 0.15) is 23.9 Å². The Hall–Kier alpha value is -3.66. The van der Waals surface area contributed by atoms with E-state index in [1.807, 2.05) is 83.3 Å². The molecule has 5 rings (SSSR count). The lowest BCUT2D eigenvalue weighted by Gasteiger charge is -2.03. The minimum Gasteiger partial charge on any atom is -0.240 e. The van der Waals surface area contributed by atoms with Crippen molar-refractivity contribution in [3.05, 3.63) is 95.6 Å². The van der Waals surface area contributed by atoms with Crippen LogP contribution >= 0.6 is 23.1 Å². The predicted octanol–water partition coefficient (Wildman–Crippen LogP) is 7.72. The van der Waals surface area contributed by atoms with Gasteiger partial charge in [-0.1, -0.05) is 49.4 Å². The Morgan fingerprint density at radius 2 is 1.79 bits per heavy atom. The van der Waals surface area contributed by atoms with Crippen LogP contribution in [-0.4, -0.2) is 20.5 Å². The molecule has 0 saturated carbocycles. The number of fused-ring (bicyclic) bond motifs is 1. The third-order valence-electron chi connectivity index (χ3n) is 5.31. The van der Waals surface area contributed by atoms with Gasteiger partial charge in [-0.3, -0.25) is 0 Å². The van der Waals surface area contributed by atoms with Crippen LogP contribution in [0.5, 0.6) is 0 Å². The second-order valence-corrected chi connectivity index (χ2v) is 9.94. The van der Waals surface area contributed by atoms with Gasteiger partial charge in [0, 0.05) is 22.2 Å². The summed E-state index contributed by atoms with van der Waals surface area (Å²) in [5.41, 5.74) is 5.15. The van der Waals surface area contributed by atoms with E-state index in [1.54, 1.807) is 0 Å². The Kier molecular flexibility index (Phi) is 6.57. The highest BCUT2D eigenvalue weighted by Gasteiger charge is 2.15. The van der Waals surface area contributed by atoms with Crippen LogP contribution in [0.15, 0.2) is 90.0 Å². The maximum Gasteiger partial charge on any atom is 0.135 e. The minimum absolute atomic E-state index is 0.533. The van der Waals surface area contributed by atoms with Crippen molar-refractivity contribution in [2.24, 2.45) is 0 Å². The maximum atomic E-state index is 9.99. The van der Waals surface area contributed by atoms with Gasteiger partial charge in [-0.2, -0.15) is 10.4 Å². The molecule has 0 aliphatic heterocycles. The zero-order chi connectivity index (χ0) is 23.3. The summed E-state index contributed by atoms with van der Waals surface area (Å²) < 4.78 is 2.94. The Bertz CT molecular complexity index is 1460. The molecule has 0 aliphatic carbocycles. The summed E-state index contributed by atoms with van der Waals surface area (Å²) in [6.07, 6.45) is 5.03. The molecule has 0 bridgehead atoms. The number of hydrogen-bond acceptors (Lipinski definition) is 5. The topological polar surface area (TPSA) is 54.5 Å². The number of hydrogen-bond donors (Lipinski definition) is 0. The van der Waals surface area contributed by atoms with Crippen molar-refractivity contribution in [1.82, 2.24) is 14.8 Å². The second-order valence-electron chi connectivity index (χ2n) is 7.74. The number of allylic oxidation sites excluding steroid dienone is 1. The maximum absolute atomic E-state index is 9.99. The van der Waals surface area contributed by atoms with Gasteiger partial charge in [-0.05, 0) is 54.6 Å². The molecule has 0 aliphatic rings. The lowest BCUT2D eigenvalue weighted by molar-refractivity contribution is 0.884. The molecule has 2 heterocycles. The molecule has 34 heavy (non-hydrogen) atoms. The Labute approximate surface area is 207 Å². The van der Waals surface area contributed by atoms with Gasteiger partial charge in [-0.15, -0.1) is 23.1 Å². The molecule has 0 unspecified atom stereocenters. The van der Waals surface area contributed by atoms with E-state index < -0.39 is 0 Å². The van der Waals surface area contributed by atoms with Gasteiger partial charge in [0.25, 0.3) is 0 Å². The average Bonchev–Trinajstić information content (AvgIpc) is 3.51. The van der Waals surface area contributed by atoms with Crippen molar-refractivity contribution in [3.8, 4) is 23.0 Å². The smallest absolute Gasteiger partial charge is 0.135 e. The van der Waals surface area contributed by atoms with Crippen LogP contribution in [0.2, 0.25) is 0 Å². The summed E-state index contributed by atoms with van der Waals surface area (Å²) in [7, 11) is 0. The molecule has 2 aromatic heterocycles. The van der Waals surface area contributed by atoms with Gasteiger partial charge in [0.15, 0.2) is 0 Å². The van der Waals surface area contributed by atoms with Crippen molar-refractivity contribution < 1.29 is 0 Å². The number of nitriles is 1. The normalized spacial score (nSPS) is 11.6. The van der Waals surface area contributed by atoms with Crippen LogP contribution in [-0.2, 0) is 0 Å². The van der Waals surface area contributed by atoms with Gasteiger partial charge < -0.3 is 0 Å². The van der Waals surface area contributed by atoms with Crippen molar-refractivity contribution in [1.29, 1.82) is 5.26 Å². The minimum atomic E-state index is 0.533. The monoisotopic (exact) mass is 478 g/mol. The molecule has 5 aromatic rings. The quantitative estimate of drug-likeness (QED) is 0.177. The molecule has 0 atom stereocenters. The molecule has 166 valence electrons. The van der Waals surface area contributed by atoms with Crippen molar-refractivity contribution in [3.63, 3.8) is 0 Å². The first-order valence-corrected chi connectivity index (χ1v) is 12.9. The number of aromatic nitrogens is 3. The molecule has 0 fully saturated rings. The number of thiazole rings is 1. The number of para-hydroxylation sites is 2. The SMILES string of the molecule is CCCSc1ccc(-c2nn(-c3ccccc3)cc2C=C(C#N)c2nc3ccccc3s2)cc1. The van der Waals surface area contributed by atoms with E-state index in [-0.39, 0.29) is 0 Å². The molecule has 0 N–H and O–H groups in total. The van der Waals surface area contributed by atoms with Gasteiger partial charge in [-0.25, -0.2) is 9.67 Å². The summed E-state index contributed by atoms with van der Waals surface area (Å²) in [6.45, 7) is 2.19. The standard InChI is InChI=1S/C28H22N4S2/c1-2-16-33-24-14-12-20(13-15-24)27-22(19-32(31-27)23-8-4-3-5-9-23)17-21(18-29)28-30-25-10-6-7-11-26(25)34-28/h3-15,17,19H,2,16H2,1H3. The third-order valence-corrected chi connectivity index (χ3v) is 7.60. The molecule has 0 saturated heterocycles. The van der Waals surface area contributed by atoms with Crippen LogP contribution in [0, 0.1) is 11.3 Å². The van der Waals surface area contributed by atoms with E-state index in [4.69, 9.17) is 5.10 Å². The van der Waals surface area contributed by atoms with Crippen molar-refractivity contribution in [2.75, 3.05) is 5.75 Å². The van der Waals surface area contributed by atoms with E-state index in [0.29, 0.717) is 10.6 Å². The molecule has 0 radical (unpaired) electrons. The van der Waals surface area contributed by atoms with Crippen LogP contribution in [0.3, 0.4) is 0 Å². The summed E-state index contributed by atoms with van der Waals surface area (Å²) >= 11 is 3.39. The highest BCUT2D eigenvalue weighted by Crippen LogP contribution is 2.32. The Morgan fingerprint density at radius 1 is 1.03 bits per heavy atom. The van der Waals surface area contributed by atoms with Crippen molar-refractivity contribution in [2.45, 2.75) is 18.2 Å². The molecule has 0 amide bonds. The summed E-state index contributed by atoms with van der Waals surface area (Å²) in [6, 6.07) is 28.8. The van der Waals surface area contributed by atoms with E-state index in [9.17, 15) is 5.26 Å². The molecule has 4 nitrogen and oxygen atoms in total.